The van der Waals surface area contributed by atoms with Crippen molar-refractivity contribution < 1.29 is 0 Å². The average Bonchev–Trinajstić information content (AvgIpc) is 2.70. The molecule has 0 saturated heterocycles. The summed E-state index contributed by atoms with van der Waals surface area (Å²) in [6.45, 7) is 7.69. The molecule has 1 rings (SSSR count). The molecule has 92 valence electrons. The van der Waals surface area contributed by atoms with Gasteiger partial charge in [0, 0.05) is 24.5 Å². The van der Waals surface area contributed by atoms with E-state index in [2.05, 4.69) is 31.2 Å². The molecule has 1 N–H and O–H groups in total. The van der Waals surface area contributed by atoms with E-state index < -0.39 is 0 Å². The van der Waals surface area contributed by atoms with E-state index in [1.807, 2.05) is 23.1 Å². The molecule has 3 nitrogen and oxygen atoms in total. The minimum absolute atomic E-state index is 0.483. The maximum Gasteiger partial charge on any atom is 0.0560 e. The third-order valence-corrected chi connectivity index (χ3v) is 2.83. The van der Waals surface area contributed by atoms with Crippen LogP contribution in [0.25, 0.3) is 0 Å². The molecule has 0 aromatic carbocycles. The van der Waals surface area contributed by atoms with Crippen LogP contribution in [0, 0.1) is 0 Å². The van der Waals surface area contributed by atoms with Gasteiger partial charge < -0.3 is 5.32 Å². The molecule has 1 heterocycles. The predicted molar refractivity (Wildman–Crippen MR) is 68.4 cm³/mol. The molecule has 0 amide bonds. The number of hydrogen-bond donors (Lipinski definition) is 1. The molecule has 0 aliphatic heterocycles. The Kier molecular flexibility index (Phi) is 6.16. The maximum atomic E-state index is 4.22. The molecule has 0 bridgehead atoms. The summed E-state index contributed by atoms with van der Waals surface area (Å²) in [5, 5.41) is 7.83. The number of nitrogens with one attached hydrogen (secondary N) is 1. The lowest BCUT2D eigenvalue weighted by atomic mass is 10.1. The molecule has 1 aromatic rings. The molecule has 0 radical (unpaired) electrons. The predicted octanol–water partition coefficient (Wildman–Crippen LogP) is 2.83. The van der Waals surface area contributed by atoms with E-state index in [0.717, 1.165) is 6.54 Å². The number of rotatable bonds is 8. The van der Waals surface area contributed by atoms with Crippen molar-refractivity contribution in [2.24, 2.45) is 0 Å². The van der Waals surface area contributed by atoms with Gasteiger partial charge in [0.1, 0.15) is 0 Å². The fraction of sp³-hybridized carbons (Fsp3) is 0.769. The Hall–Kier alpha value is -0.830. The van der Waals surface area contributed by atoms with Crippen molar-refractivity contribution >= 4 is 0 Å². The standard InChI is InChI=1S/C13H25N3/c1-4-5-6-8-12(2)15-13(3)11-16-10-7-9-14-16/h7,9-10,12-13,15H,4-6,8,11H2,1-3H3/t12-,13+/m0/s1. The number of hydrogen-bond acceptors (Lipinski definition) is 2. The summed E-state index contributed by atoms with van der Waals surface area (Å²) >= 11 is 0. The summed E-state index contributed by atoms with van der Waals surface area (Å²) in [5.74, 6) is 0. The van der Waals surface area contributed by atoms with Gasteiger partial charge in [-0.15, -0.1) is 0 Å². The third kappa shape index (κ3) is 5.31. The van der Waals surface area contributed by atoms with Gasteiger partial charge in [0.15, 0.2) is 0 Å². The Morgan fingerprint density at radius 2 is 2.06 bits per heavy atom. The zero-order valence-electron chi connectivity index (χ0n) is 10.8. The number of unbranched alkanes of at least 4 members (excludes halogenated alkanes) is 2. The van der Waals surface area contributed by atoms with Crippen molar-refractivity contribution in [1.29, 1.82) is 0 Å². The highest BCUT2D eigenvalue weighted by Gasteiger charge is 2.07. The summed E-state index contributed by atoms with van der Waals surface area (Å²) in [6.07, 6.45) is 9.10. The highest BCUT2D eigenvalue weighted by Crippen LogP contribution is 2.04. The van der Waals surface area contributed by atoms with E-state index in [1.54, 1.807) is 0 Å². The Morgan fingerprint density at radius 1 is 1.25 bits per heavy atom. The van der Waals surface area contributed by atoms with Crippen LogP contribution in [0.5, 0.6) is 0 Å². The first-order valence-electron chi connectivity index (χ1n) is 6.45. The molecule has 2 atom stereocenters. The normalized spacial score (nSPS) is 14.9. The van der Waals surface area contributed by atoms with Gasteiger partial charge in [-0.1, -0.05) is 26.2 Å². The van der Waals surface area contributed by atoms with Gasteiger partial charge in [0.2, 0.25) is 0 Å². The largest absolute Gasteiger partial charge is 0.310 e. The summed E-state index contributed by atoms with van der Waals surface area (Å²) in [7, 11) is 0. The first-order chi connectivity index (χ1) is 7.72. The van der Waals surface area contributed by atoms with Crippen LogP contribution in [0.4, 0.5) is 0 Å². The van der Waals surface area contributed by atoms with Crippen molar-refractivity contribution in [1.82, 2.24) is 15.1 Å². The van der Waals surface area contributed by atoms with E-state index in [4.69, 9.17) is 0 Å². The SMILES string of the molecule is CCCCC[C@H](C)N[C@H](C)Cn1cccn1. The fourth-order valence-electron chi connectivity index (χ4n) is 2.01. The highest BCUT2D eigenvalue weighted by molar-refractivity contribution is 4.79. The van der Waals surface area contributed by atoms with Gasteiger partial charge in [-0.25, -0.2) is 0 Å². The van der Waals surface area contributed by atoms with Crippen LogP contribution >= 0.6 is 0 Å². The van der Waals surface area contributed by atoms with Crippen LogP contribution in [0.15, 0.2) is 18.5 Å². The molecule has 0 aliphatic carbocycles. The third-order valence-electron chi connectivity index (χ3n) is 2.83. The van der Waals surface area contributed by atoms with Gasteiger partial charge in [-0.05, 0) is 26.3 Å². The van der Waals surface area contributed by atoms with Crippen molar-refractivity contribution in [2.45, 2.75) is 65.1 Å². The lowest BCUT2D eigenvalue weighted by molar-refractivity contribution is 0.387. The molecule has 0 unspecified atom stereocenters. The maximum absolute atomic E-state index is 4.22. The quantitative estimate of drug-likeness (QED) is 0.687. The van der Waals surface area contributed by atoms with Gasteiger partial charge in [-0.2, -0.15) is 5.10 Å². The lowest BCUT2D eigenvalue weighted by Gasteiger charge is -2.20. The van der Waals surface area contributed by atoms with Crippen LogP contribution < -0.4 is 5.32 Å². The van der Waals surface area contributed by atoms with Crippen LogP contribution in [-0.2, 0) is 6.54 Å². The van der Waals surface area contributed by atoms with E-state index in [0.29, 0.717) is 12.1 Å². The first kappa shape index (κ1) is 13.2. The summed E-state index contributed by atoms with van der Waals surface area (Å²) in [5.41, 5.74) is 0. The zero-order chi connectivity index (χ0) is 11.8. The highest BCUT2D eigenvalue weighted by atomic mass is 15.3. The minimum atomic E-state index is 0.483. The Labute approximate surface area is 99.2 Å². The van der Waals surface area contributed by atoms with Crippen LogP contribution in [-0.4, -0.2) is 21.9 Å². The number of nitrogens with zero attached hydrogens (tertiary/aromatic N) is 2. The average molecular weight is 223 g/mol. The molecular formula is C13H25N3. The molecule has 0 aliphatic rings. The second-order valence-electron chi connectivity index (χ2n) is 4.69. The van der Waals surface area contributed by atoms with Crippen molar-refractivity contribution in [3.05, 3.63) is 18.5 Å². The lowest BCUT2D eigenvalue weighted by Crippen LogP contribution is -2.37. The summed E-state index contributed by atoms with van der Waals surface area (Å²) < 4.78 is 1.98. The molecule has 1 aromatic heterocycles. The fourth-order valence-corrected chi connectivity index (χ4v) is 2.01. The van der Waals surface area contributed by atoms with Crippen molar-refractivity contribution in [2.75, 3.05) is 0 Å². The molecule has 0 fully saturated rings. The first-order valence-corrected chi connectivity index (χ1v) is 6.45. The Morgan fingerprint density at radius 3 is 2.69 bits per heavy atom. The Bertz CT molecular complexity index is 256. The van der Waals surface area contributed by atoms with E-state index >= 15 is 0 Å². The zero-order valence-corrected chi connectivity index (χ0v) is 10.8. The van der Waals surface area contributed by atoms with Gasteiger partial charge in [0.05, 0.1) is 6.54 Å². The van der Waals surface area contributed by atoms with Crippen LogP contribution in [0.1, 0.15) is 46.5 Å². The monoisotopic (exact) mass is 223 g/mol. The van der Waals surface area contributed by atoms with Crippen molar-refractivity contribution in [3.8, 4) is 0 Å². The Balaban J connectivity index is 2.15. The second kappa shape index (κ2) is 7.44. The number of aromatic nitrogens is 2. The summed E-state index contributed by atoms with van der Waals surface area (Å²) in [4.78, 5) is 0. The van der Waals surface area contributed by atoms with Gasteiger partial charge in [-0.3, -0.25) is 4.68 Å². The molecule has 0 saturated carbocycles. The van der Waals surface area contributed by atoms with Gasteiger partial charge in [0.25, 0.3) is 0 Å². The molecule has 16 heavy (non-hydrogen) atoms. The van der Waals surface area contributed by atoms with E-state index in [-0.39, 0.29) is 0 Å². The smallest absolute Gasteiger partial charge is 0.0560 e. The second-order valence-corrected chi connectivity index (χ2v) is 4.69. The molecular weight excluding hydrogens is 198 g/mol. The molecule has 3 heteroatoms. The minimum Gasteiger partial charge on any atom is -0.310 e. The van der Waals surface area contributed by atoms with E-state index in [9.17, 15) is 0 Å². The van der Waals surface area contributed by atoms with E-state index in [1.165, 1.54) is 25.7 Å². The van der Waals surface area contributed by atoms with Gasteiger partial charge >= 0.3 is 0 Å². The topological polar surface area (TPSA) is 29.9 Å². The van der Waals surface area contributed by atoms with Crippen LogP contribution in [0.3, 0.4) is 0 Å². The van der Waals surface area contributed by atoms with Crippen LogP contribution in [0.2, 0.25) is 0 Å². The summed E-state index contributed by atoms with van der Waals surface area (Å²) in [6, 6.07) is 3.06. The van der Waals surface area contributed by atoms with Crippen molar-refractivity contribution in [3.63, 3.8) is 0 Å². The molecule has 0 spiro atoms.